The van der Waals surface area contributed by atoms with Crippen LogP contribution in [0.3, 0.4) is 0 Å². The van der Waals surface area contributed by atoms with Gasteiger partial charge in [-0.1, -0.05) is 6.92 Å². The Labute approximate surface area is 199 Å². The molecule has 2 aliphatic rings. The summed E-state index contributed by atoms with van der Waals surface area (Å²) in [7, 11) is 1.53. The fraction of sp³-hybridized carbons (Fsp3) is 0.571. The van der Waals surface area contributed by atoms with Gasteiger partial charge in [0.1, 0.15) is 11.7 Å². The average Bonchev–Trinajstić information content (AvgIpc) is 3.06. The first kappa shape index (κ1) is 22.7. The number of anilines is 2. The first-order valence-electron chi connectivity index (χ1n) is 10.6. The van der Waals surface area contributed by atoms with Gasteiger partial charge in [0.15, 0.2) is 5.65 Å². The molecule has 5 unspecified atom stereocenters. The molecule has 0 radical (unpaired) electrons. The molecule has 10 heteroatoms. The third kappa shape index (κ3) is 4.95. The Balaban J connectivity index is 1.67. The second-order valence-corrected chi connectivity index (χ2v) is 11.1. The molecule has 2 heterocycles. The number of hydrogen-bond acceptors (Lipinski definition) is 7. The van der Waals surface area contributed by atoms with Crippen molar-refractivity contribution < 1.29 is 5.11 Å². The summed E-state index contributed by atoms with van der Waals surface area (Å²) >= 11 is 2.23. The Hall–Kier alpha value is -1.53. The van der Waals surface area contributed by atoms with Crippen LogP contribution >= 0.6 is 30.3 Å². The number of allylic oxidation sites excluding steroid dienone is 1. The van der Waals surface area contributed by atoms with E-state index in [2.05, 4.69) is 38.8 Å². The van der Waals surface area contributed by atoms with E-state index in [1.807, 2.05) is 23.2 Å². The van der Waals surface area contributed by atoms with Crippen LogP contribution in [0.25, 0.3) is 11.0 Å². The number of nitrogens with zero attached hydrogens (tertiary/aromatic N) is 3. The van der Waals surface area contributed by atoms with Crippen LogP contribution in [-0.4, -0.2) is 36.5 Å². The number of halogens is 1. The smallest absolute Gasteiger partial charge is 0.226 e. The minimum absolute atomic E-state index is 0.179. The molecule has 0 aromatic carbocycles. The second-order valence-electron chi connectivity index (χ2n) is 9.42. The van der Waals surface area contributed by atoms with E-state index in [0.29, 0.717) is 35.2 Å². The number of fused-ring (bicyclic) bond motifs is 3. The maximum absolute atomic E-state index is 10.7. The highest BCUT2D eigenvalue weighted by Crippen LogP contribution is 2.47. The molecule has 2 saturated carbocycles. The van der Waals surface area contributed by atoms with E-state index in [1.165, 1.54) is 9.12 Å². The summed E-state index contributed by atoms with van der Waals surface area (Å²) in [6.45, 7) is 5.99. The fourth-order valence-corrected chi connectivity index (χ4v) is 6.73. The first-order valence-corrected chi connectivity index (χ1v) is 13.9. The lowest BCUT2D eigenvalue weighted by molar-refractivity contribution is -0.0502. The molecule has 2 aromatic heterocycles. The minimum atomic E-state index is -0.598. The lowest BCUT2D eigenvalue weighted by Gasteiger charge is -2.49. The Morgan fingerprint density at radius 1 is 1.42 bits per heavy atom. The lowest BCUT2D eigenvalue weighted by Crippen LogP contribution is -2.50. The van der Waals surface area contributed by atoms with Gasteiger partial charge in [-0.2, -0.15) is 9.97 Å². The number of aromatic nitrogens is 3. The third-order valence-electron chi connectivity index (χ3n) is 6.40. The molecule has 6 N–H and O–H groups in total. The molecule has 4 rings (SSSR count). The van der Waals surface area contributed by atoms with E-state index >= 15 is 0 Å². The largest absolute Gasteiger partial charge is 0.402 e. The van der Waals surface area contributed by atoms with Crippen LogP contribution < -0.4 is 16.4 Å². The van der Waals surface area contributed by atoms with Gasteiger partial charge in [-0.25, -0.2) is 0 Å². The standard InChI is InChI=1S/C21H30IN7OS/c1-11-6-13-8-14(10-21(3,30)9-13)17(11)26-20-27-18(25-16(24)7-12(2)23)15-4-5-29(31-22)19(15)28-20/h4-5,7,11,13-14,17,30H,6,8-10,23H2,1-3H3,(H3,24,25,26,27,28)/b12-7-. The number of amidine groups is 1. The molecule has 31 heavy (non-hydrogen) atoms. The number of nitrogens with one attached hydrogen (secondary N) is 3. The maximum Gasteiger partial charge on any atom is 0.226 e. The van der Waals surface area contributed by atoms with Crippen LogP contribution in [0.1, 0.15) is 46.5 Å². The highest BCUT2D eigenvalue weighted by Gasteiger charge is 2.45. The fourth-order valence-electron chi connectivity index (χ4n) is 5.46. The van der Waals surface area contributed by atoms with Crippen LogP contribution in [0, 0.1) is 23.2 Å². The molecule has 0 aliphatic heterocycles. The summed E-state index contributed by atoms with van der Waals surface area (Å²) in [6, 6.07) is 2.15. The summed E-state index contributed by atoms with van der Waals surface area (Å²) in [5.74, 6) is 2.75. The van der Waals surface area contributed by atoms with Gasteiger partial charge in [0.2, 0.25) is 5.95 Å². The summed E-state index contributed by atoms with van der Waals surface area (Å²) in [6.07, 6.45) is 7.45. The van der Waals surface area contributed by atoms with Gasteiger partial charge in [0, 0.05) is 48.3 Å². The summed E-state index contributed by atoms with van der Waals surface area (Å²) < 4.78 is 1.98. The Kier molecular flexibility index (Phi) is 6.42. The Bertz CT molecular complexity index is 1010. The topological polar surface area (TPSA) is 125 Å². The zero-order chi connectivity index (χ0) is 22.3. The quantitative estimate of drug-likeness (QED) is 0.209. The van der Waals surface area contributed by atoms with Crippen LogP contribution in [0.4, 0.5) is 11.8 Å². The van der Waals surface area contributed by atoms with E-state index in [-0.39, 0.29) is 11.9 Å². The number of hydrogen-bond donors (Lipinski definition) is 5. The van der Waals surface area contributed by atoms with Crippen molar-refractivity contribution in [3.63, 3.8) is 0 Å². The van der Waals surface area contributed by atoms with Crippen LogP contribution in [0.2, 0.25) is 0 Å². The van der Waals surface area contributed by atoms with Crippen molar-refractivity contribution in [2.45, 2.75) is 58.1 Å². The van der Waals surface area contributed by atoms with Crippen LogP contribution in [0.5, 0.6) is 0 Å². The zero-order valence-corrected chi connectivity index (χ0v) is 21.0. The normalized spacial score (nSPS) is 30.9. The van der Waals surface area contributed by atoms with Crippen LogP contribution in [-0.2, 0) is 0 Å². The third-order valence-corrected chi connectivity index (χ3v) is 8.12. The molecule has 168 valence electrons. The predicted octanol–water partition coefficient (Wildman–Crippen LogP) is 4.52. The molecule has 5 atom stereocenters. The lowest BCUT2D eigenvalue weighted by atomic mass is 9.61. The number of aliphatic hydroxyl groups is 1. The van der Waals surface area contributed by atoms with E-state index in [4.69, 9.17) is 21.1 Å². The van der Waals surface area contributed by atoms with Gasteiger partial charge in [0.05, 0.1) is 11.0 Å². The van der Waals surface area contributed by atoms with Gasteiger partial charge in [-0.05, 0) is 69.4 Å². The zero-order valence-electron chi connectivity index (χ0n) is 18.0. The molecule has 2 aromatic rings. The van der Waals surface area contributed by atoms with Crippen molar-refractivity contribution in [3.8, 4) is 0 Å². The van der Waals surface area contributed by atoms with Crippen molar-refractivity contribution in [2.75, 3.05) is 10.6 Å². The Morgan fingerprint density at radius 3 is 2.90 bits per heavy atom. The maximum atomic E-state index is 10.7. The molecular weight excluding hydrogens is 525 g/mol. The average molecular weight is 555 g/mol. The van der Waals surface area contributed by atoms with Gasteiger partial charge in [-0.15, -0.1) is 0 Å². The first-order chi connectivity index (χ1) is 14.6. The van der Waals surface area contributed by atoms with Crippen molar-refractivity contribution in [1.82, 2.24) is 13.9 Å². The van der Waals surface area contributed by atoms with Gasteiger partial charge in [0.25, 0.3) is 0 Å². The molecule has 2 fully saturated rings. The molecule has 8 nitrogen and oxygen atoms in total. The van der Waals surface area contributed by atoms with E-state index < -0.39 is 5.60 Å². The summed E-state index contributed by atoms with van der Waals surface area (Å²) in [4.78, 5) is 9.54. The minimum Gasteiger partial charge on any atom is -0.402 e. The molecule has 0 saturated heterocycles. The van der Waals surface area contributed by atoms with Crippen molar-refractivity contribution in [1.29, 1.82) is 5.41 Å². The molecule has 0 amide bonds. The van der Waals surface area contributed by atoms with Gasteiger partial charge < -0.3 is 21.5 Å². The van der Waals surface area contributed by atoms with E-state index in [1.54, 1.807) is 13.0 Å². The SMILES string of the molecule is C/C(N)=C/C(=N)Nc1nc(NC2C(C)CC3CC2CC(C)(O)C3)nc2c1ccn2SI. The van der Waals surface area contributed by atoms with E-state index in [0.717, 1.165) is 36.7 Å². The monoisotopic (exact) mass is 555 g/mol. The molecule has 2 aliphatic carbocycles. The highest BCUT2D eigenvalue weighted by molar-refractivity contribution is 14.2. The highest BCUT2D eigenvalue weighted by atomic mass is 127. The number of rotatable bonds is 5. The van der Waals surface area contributed by atoms with E-state index in [9.17, 15) is 5.11 Å². The van der Waals surface area contributed by atoms with Crippen LogP contribution in [0.15, 0.2) is 24.0 Å². The van der Waals surface area contributed by atoms with Gasteiger partial charge in [-0.3, -0.25) is 9.38 Å². The van der Waals surface area contributed by atoms with Gasteiger partial charge >= 0.3 is 0 Å². The summed E-state index contributed by atoms with van der Waals surface area (Å²) in [5, 5.41) is 26.4. The number of nitrogens with two attached hydrogens (primary N) is 1. The predicted molar refractivity (Wildman–Crippen MR) is 136 cm³/mol. The summed E-state index contributed by atoms with van der Waals surface area (Å²) in [5.41, 5.74) is 6.47. The molecule has 2 bridgehead atoms. The van der Waals surface area contributed by atoms with Crippen molar-refractivity contribution in [3.05, 3.63) is 24.0 Å². The Morgan fingerprint density at radius 2 is 2.19 bits per heavy atom. The second kappa shape index (κ2) is 8.78. The molecular formula is C21H30IN7OS. The van der Waals surface area contributed by atoms with Crippen molar-refractivity contribution in [2.24, 2.45) is 23.5 Å². The molecule has 0 spiro atoms. The van der Waals surface area contributed by atoms with Crippen molar-refractivity contribution >= 4 is 59.0 Å².